The summed E-state index contributed by atoms with van der Waals surface area (Å²) in [5.74, 6) is 7.34. The Labute approximate surface area is 126 Å². The van der Waals surface area contributed by atoms with Crippen molar-refractivity contribution < 1.29 is 9.53 Å². The Bertz CT molecular complexity index is 528. The molecule has 1 fully saturated rings. The summed E-state index contributed by atoms with van der Waals surface area (Å²) in [5.41, 5.74) is 6.26. The lowest BCUT2D eigenvalue weighted by atomic mass is 10.1. The van der Waals surface area contributed by atoms with Crippen LogP contribution >= 0.6 is 0 Å². The van der Waals surface area contributed by atoms with Crippen molar-refractivity contribution in [2.24, 2.45) is 11.7 Å². The maximum absolute atomic E-state index is 11.8. The van der Waals surface area contributed by atoms with Gasteiger partial charge in [-0.15, -0.1) is 0 Å². The topological polar surface area (TPSA) is 55.6 Å². The maximum Gasteiger partial charge on any atom is 0.223 e. The largest absolute Gasteiger partial charge is 0.492 e. The molecule has 21 heavy (non-hydrogen) atoms. The van der Waals surface area contributed by atoms with Gasteiger partial charge in [-0.05, 0) is 30.2 Å². The second-order valence-corrected chi connectivity index (χ2v) is 5.20. The summed E-state index contributed by atoms with van der Waals surface area (Å²) < 4.78 is 5.68. The van der Waals surface area contributed by atoms with Crippen LogP contribution in [0, 0.1) is 17.8 Å². The molecule has 2 rings (SSSR count). The number of benzene rings is 1. The molecule has 0 aliphatic carbocycles. The highest BCUT2D eigenvalue weighted by molar-refractivity contribution is 5.78. The van der Waals surface area contributed by atoms with E-state index in [9.17, 15) is 4.79 Å². The van der Waals surface area contributed by atoms with E-state index in [2.05, 4.69) is 18.8 Å². The van der Waals surface area contributed by atoms with Crippen LogP contribution in [0.1, 0.15) is 25.3 Å². The van der Waals surface area contributed by atoms with Crippen molar-refractivity contribution in [2.75, 3.05) is 26.2 Å². The highest BCUT2D eigenvalue weighted by Crippen LogP contribution is 2.20. The van der Waals surface area contributed by atoms with Crippen LogP contribution in [0.5, 0.6) is 5.75 Å². The van der Waals surface area contributed by atoms with Gasteiger partial charge in [0.1, 0.15) is 12.4 Å². The highest BCUT2D eigenvalue weighted by atomic mass is 16.5. The molecule has 1 aliphatic rings. The van der Waals surface area contributed by atoms with Crippen molar-refractivity contribution in [3.05, 3.63) is 29.8 Å². The van der Waals surface area contributed by atoms with E-state index in [1.54, 1.807) is 0 Å². The number of nitrogens with two attached hydrogens (primary N) is 1. The molecule has 0 spiro atoms. The minimum absolute atomic E-state index is 0.248. The first-order valence-electron chi connectivity index (χ1n) is 7.42. The minimum atomic E-state index is 0.248. The summed E-state index contributed by atoms with van der Waals surface area (Å²) in [6, 6.07) is 7.60. The summed E-state index contributed by atoms with van der Waals surface area (Å²) in [7, 11) is 0. The van der Waals surface area contributed by atoms with Crippen LogP contribution in [0.15, 0.2) is 24.3 Å². The van der Waals surface area contributed by atoms with Gasteiger partial charge in [-0.2, -0.15) is 0 Å². The van der Waals surface area contributed by atoms with E-state index in [0.29, 0.717) is 32.0 Å². The highest BCUT2D eigenvalue weighted by Gasteiger charge is 2.27. The van der Waals surface area contributed by atoms with Gasteiger partial charge in [0.05, 0.1) is 13.1 Å². The number of amides is 1. The van der Waals surface area contributed by atoms with Crippen molar-refractivity contribution >= 4 is 5.91 Å². The Morgan fingerprint density at radius 2 is 2.14 bits per heavy atom. The van der Waals surface area contributed by atoms with Gasteiger partial charge in [-0.1, -0.05) is 25.2 Å². The molecule has 0 aromatic heterocycles. The fourth-order valence-electron chi connectivity index (χ4n) is 2.40. The molecule has 4 nitrogen and oxygen atoms in total. The molecule has 0 radical (unpaired) electrons. The Morgan fingerprint density at radius 1 is 1.38 bits per heavy atom. The van der Waals surface area contributed by atoms with Crippen LogP contribution in [0.2, 0.25) is 0 Å². The number of hydrogen-bond donors (Lipinski definition) is 1. The zero-order valence-corrected chi connectivity index (χ0v) is 12.5. The lowest BCUT2D eigenvalue weighted by Gasteiger charge is -2.16. The Hall–Kier alpha value is -1.99. The van der Waals surface area contributed by atoms with Crippen LogP contribution in [0.25, 0.3) is 0 Å². The minimum Gasteiger partial charge on any atom is -0.492 e. The number of nitrogens with zero attached hydrogens (tertiary/aromatic N) is 1. The molecule has 1 unspecified atom stereocenters. The van der Waals surface area contributed by atoms with Crippen molar-refractivity contribution in [1.29, 1.82) is 0 Å². The summed E-state index contributed by atoms with van der Waals surface area (Å²) in [4.78, 5) is 13.7. The molecular weight excluding hydrogens is 264 g/mol. The van der Waals surface area contributed by atoms with Crippen LogP contribution in [0.3, 0.4) is 0 Å². The molecule has 2 N–H and O–H groups in total. The summed E-state index contributed by atoms with van der Waals surface area (Å²) in [6.07, 6.45) is 1.75. The third-order valence-corrected chi connectivity index (χ3v) is 3.69. The van der Waals surface area contributed by atoms with Crippen molar-refractivity contribution in [3.63, 3.8) is 0 Å². The van der Waals surface area contributed by atoms with Crippen molar-refractivity contribution in [1.82, 2.24) is 4.90 Å². The number of likely N-dealkylation sites (tertiary alicyclic amines) is 1. The fourth-order valence-corrected chi connectivity index (χ4v) is 2.40. The lowest BCUT2D eigenvalue weighted by Crippen LogP contribution is -2.29. The molecule has 1 amide bonds. The van der Waals surface area contributed by atoms with E-state index in [0.717, 1.165) is 24.3 Å². The third-order valence-electron chi connectivity index (χ3n) is 3.69. The van der Waals surface area contributed by atoms with E-state index in [4.69, 9.17) is 10.5 Å². The average Bonchev–Trinajstić information content (AvgIpc) is 2.87. The standard InChI is InChI=1S/C17H22N2O2/c1-2-14-12-17(20)19(13-14)10-11-21-16-7-5-15(6-8-16)4-3-9-18/h5-8,14H,2,9-13,18H2,1H3. The number of rotatable bonds is 5. The first kappa shape index (κ1) is 15.4. The van der Waals surface area contributed by atoms with Gasteiger partial charge in [-0.3, -0.25) is 4.79 Å². The van der Waals surface area contributed by atoms with Crippen LogP contribution in [-0.2, 0) is 4.79 Å². The molecular formula is C17H22N2O2. The summed E-state index contributed by atoms with van der Waals surface area (Å²) >= 11 is 0. The van der Waals surface area contributed by atoms with E-state index in [1.165, 1.54) is 0 Å². The number of ether oxygens (including phenoxy) is 1. The summed E-state index contributed by atoms with van der Waals surface area (Å²) in [6.45, 7) is 4.54. The molecule has 1 aromatic carbocycles. The van der Waals surface area contributed by atoms with E-state index < -0.39 is 0 Å². The molecule has 1 atom stereocenters. The van der Waals surface area contributed by atoms with E-state index >= 15 is 0 Å². The first-order chi connectivity index (χ1) is 10.2. The SMILES string of the molecule is CCC1CC(=O)N(CCOc2ccc(C#CCN)cc2)C1. The Kier molecular flexibility index (Phi) is 5.65. The number of hydrogen-bond acceptors (Lipinski definition) is 3. The molecule has 0 bridgehead atoms. The number of carbonyl (C=O) groups is 1. The van der Waals surface area contributed by atoms with Crippen LogP contribution in [-0.4, -0.2) is 37.0 Å². The Morgan fingerprint density at radius 3 is 2.76 bits per heavy atom. The van der Waals surface area contributed by atoms with Crippen molar-refractivity contribution in [3.8, 4) is 17.6 Å². The molecule has 1 aromatic rings. The van der Waals surface area contributed by atoms with Gasteiger partial charge in [0.2, 0.25) is 5.91 Å². The second kappa shape index (κ2) is 7.70. The third kappa shape index (κ3) is 4.51. The Balaban J connectivity index is 1.77. The zero-order valence-electron chi connectivity index (χ0n) is 12.5. The predicted molar refractivity (Wildman–Crippen MR) is 82.8 cm³/mol. The van der Waals surface area contributed by atoms with Crippen LogP contribution < -0.4 is 10.5 Å². The molecule has 1 saturated heterocycles. The quantitative estimate of drug-likeness (QED) is 0.837. The molecule has 1 aliphatic heterocycles. The van der Waals surface area contributed by atoms with E-state index in [-0.39, 0.29) is 5.91 Å². The normalized spacial score (nSPS) is 17.5. The van der Waals surface area contributed by atoms with Crippen LogP contribution in [0.4, 0.5) is 0 Å². The monoisotopic (exact) mass is 286 g/mol. The fraction of sp³-hybridized carbons (Fsp3) is 0.471. The maximum atomic E-state index is 11.8. The van der Waals surface area contributed by atoms with Gasteiger partial charge in [0.25, 0.3) is 0 Å². The zero-order chi connectivity index (χ0) is 15.1. The van der Waals surface area contributed by atoms with Gasteiger partial charge >= 0.3 is 0 Å². The molecule has 4 heteroatoms. The van der Waals surface area contributed by atoms with Gasteiger partial charge in [0.15, 0.2) is 0 Å². The van der Waals surface area contributed by atoms with E-state index in [1.807, 2.05) is 29.2 Å². The predicted octanol–water partition coefficient (Wildman–Crippen LogP) is 1.63. The number of carbonyl (C=O) groups excluding carboxylic acids is 1. The van der Waals surface area contributed by atoms with Gasteiger partial charge < -0.3 is 15.4 Å². The first-order valence-corrected chi connectivity index (χ1v) is 7.42. The van der Waals surface area contributed by atoms with Gasteiger partial charge in [-0.25, -0.2) is 0 Å². The lowest BCUT2D eigenvalue weighted by molar-refractivity contribution is -0.128. The molecule has 0 saturated carbocycles. The smallest absolute Gasteiger partial charge is 0.223 e. The summed E-state index contributed by atoms with van der Waals surface area (Å²) in [5, 5.41) is 0. The average molecular weight is 286 g/mol. The van der Waals surface area contributed by atoms with Crippen molar-refractivity contribution in [2.45, 2.75) is 19.8 Å². The van der Waals surface area contributed by atoms with Gasteiger partial charge in [0, 0.05) is 18.5 Å². The molecule has 1 heterocycles. The molecule has 112 valence electrons. The second-order valence-electron chi connectivity index (χ2n) is 5.20.